The van der Waals surface area contributed by atoms with Crippen LogP contribution in [0.3, 0.4) is 0 Å². The van der Waals surface area contributed by atoms with Gasteiger partial charge in [-0.2, -0.15) is 0 Å². The molecule has 0 aliphatic carbocycles. The van der Waals surface area contributed by atoms with Crippen molar-refractivity contribution in [2.45, 2.75) is 20.0 Å². The highest BCUT2D eigenvalue weighted by molar-refractivity contribution is 4.97. The summed E-state index contributed by atoms with van der Waals surface area (Å²) >= 11 is 0. The van der Waals surface area contributed by atoms with E-state index in [1.807, 2.05) is 11.9 Å². The molecule has 1 N–H and O–H groups in total. The molecule has 0 atom stereocenters. The molecule has 0 saturated heterocycles. The first kappa shape index (κ1) is 14.1. The third-order valence-electron chi connectivity index (χ3n) is 2.91. The summed E-state index contributed by atoms with van der Waals surface area (Å²) in [6.45, 7) is 3.22. The molecule has 7 nitrogen and oxygen atoms in total. The van der Waals surface area contributed by atoms with E-state index in [1.165, 1.54) is 10.6 Å². The summed E-state index contributed by atoms with van der Waals surface area (Å²) in [6.07, 6.45) is 4.95. The Morgan fingerprint density at radius 1 is 1.35 bits per heavy atom. The van der Waals surface area contributed by atoms with Gasteiger partial charge < -0.3 is 4.98 Å². The van der Waals surface area contributed by atoms with Crippen LogP contribution in [0.4, 0.5) is 0 Å². The van der Waals surface area contributed by atoms with Crippen molar-refractivity contribution in [1.29, 1.82) is 0 Å². The van der Waals surface area contributed by atoms with Crippen molar-refractivity contribution in [2.75, 3.05) is 13.6 Å². The number of rotatable bonds is 5. The molecule has 0 amide bonds. The quantitative estimate of drug-likeness (QED) is 0.814. The van der Waals surface area contributed by atoms with E-state index in [0.717, 1.165) is 5.69 Å². The summed E-state index contributed by atoms with van der Waals surface area (Å²) < 4.78 is 1.19. The van der Waals surface area contributed by atoms with Gasteiger partial charge in [0.25, 0.3) is 5.56 Å². The summed E-state index contributed by atoms with van der Waals surface area (Å²) in [7, 11) is 1.90. The van der Waals surface area contributed by atoms with Gasteiger partial charge in [-0.05, 0) is 14.0 Å². The lowest BCUT2D eigenvalue weighted by Gasteiger charge is -2.16. The van der Waals surface area contributed by atoms with E-state index in [0.29, 0.717) is 25.3 Å². The molecule has 2 heterocycles. The third-order valence-corrected chi connectivity index (χ3v) is 2.91. The molecule has 0 spiro atoms. The number of hydrogen-bond donors (Lipinski definition) is 1. The topological polar surface area (TPSA) is 83.9 Å². The molecule has 2 aromatic heterocycles. The molecule has 0 bridgehead atoms. The summed E-state index contributed by atoms with van der Waals surface area (Å²) in [6, 6.07) is 1.42. The summed E-state index contributed by atoms with van der Waals surface area (Å²) in [5.41, 5.74) is 0.770. The van der Waals surface area contributed by atoms with Gasteiger partial charge in [-0.3, -0.25) is 24.2 Å². The van der Waals surface area contributed by atoms with Gasteiger partial charge in [0.2, 0.25) is 0 Å². The Labute approximate surface area is 115 Å². The fourth-order valence-electron chi connectivity index (χ4n) is 1.89. The van der Waals surface area contributed by atoms with Crippen LogP contribution in [-0.2, 0) is 13.1 Å². The van der Waals surface area contributed by atoms with Gasteiger partial charge in [0.05, 0.1) is 5.69 Å². The Kier molecular flexibility index (Phi) is 4.41. The van der Waals surface area contributed by atoms with E-state index >= 15 is 0 Å². The molecule has 2 aromatic rings. The van der Waals surface area contributed by atoms with Crippen LogP contribution >= 0.6 is 0 Å². The number of aromatic amines is 1. The molecular weight excluding hydrogens is 258 g/mol. The minimum Gasteiger partial charge on any atom is -0.311 e. The lowest BCUT2D eigenvalue weighted by Crippen LogP contribution is -2.38. The number of nitrogens with one attached hydrogen (secondary N) is 1. The zero-order valence-corrected chi connectivity index (χ0v) is 11.5. The van der Waals surface area contributed by atoms with Crippen LogP contribution in [0.2, 0.25) is 0 Å². The molecular formula is C13H17N5O2. The number of aromatic nitrogens is 4. The predicted octanol–water partition coefficient (Wildman–Crippen LogP) is -0.233. The number of likely N-dealkylation sites (N-methyl/N-ethyl adjacent to an activating group) is 1. The first-order chi connectivity index (χ1) is 9.56. The minimum atomic E-state index is -0.372. The standard InChI is InChI=1S/C13H17N5O2/c1-10-7-12(19)18(13(20)16-10)6-5-17(2)9-11-8-14-3-4-15-11/h3-4,7-8H,5-6,9H2,1-2H3,(H,16,20). The van der Waals surface area contributed by atoms with E-state index in [-0.39, 0.29) is 11.2 Å². The summed E-state index contributed by atoms with van der Waals surface area (Å²) in [5.74, 6) is 0. The first-order valence-electron chi connectivity index (χ1n) is 6.30. The zero-order valence-electron chi connectivity index (χ0n) is 11.5. The maximum absolute atomic E-state index is 11.7. The van der Waals surface area contributed by atoms with E-state index in [9.17, 15) is 9.59 Å². The fourth-order valence-corrected chi connectivity index (χ4v) is 1.89. The van der Waals surface area contributed by atoms with Crippen LogP contribution in [0, 0.1) is 6.92 Å². The molecule has 2 rings (SSSR count). The van der Waals surface area contributed by atoms with Gasteiger partial charge in [-0.1, -0.05) is 0 Å². The van der Waals surface area contributed by atoms with Crippen molar-refractivity contribution < 1.29 is 0 Å². The van der Waals surface area contributed by atoms with Crippen LogP contribution in [-0.4, -0.2) is 38.0 Å². The monoisotopic (exact) mass is 275 g/mol. The van der Waals surface area contributed by atoms with Gasteiger partial charge in [-0.25, -0.2) is 4.79 Å². The normalized spacial score (nSPS) is 10.9. The summed E-state index contributed by atoms with van der Waals surface area (Å²) in [4.78, 5) is 36.2. The fraction of sp³-hybridized carbons (Fsp3) is 0.385. The Morgan fingerprint density at radius 2 is 2.15 bits per heavy atom. The van der Waals surface area contributed by atoms with Crippen LogP contribution < -0.4 is 11.2 Å². The number of H-pyrrole nitrogens is 1. The van der Waals surface area contributed by atoms with Gasteiger partial charge in [0.1, 0.15) is 0 Å². The van der Waals surface area contributed by atoms with Crippen molar-refractivity contribution in [3.05, 3.63) is 56.9 Å². The molecule has 0 aromatic carbocycles. The molecule has 0 aliphatic heterocycles. The highest BCUT2D eigenvalue weighted by atomic mass is 16.2. The largest absolute Gasteiger partial charge is 0.328 e. The van der Waals surface area contributed by atoms with E-state index in [2.05, 4.69) is 15.0 Å². The maximum Gasteiger partial charge on any atom is 0.328 e. The van der Waals surface area contributed by atoms with Gasteiger partial charge in [0.15, 0.2) is 0 Å². The Balaban J connectivity index is 1.99. The van der Waals surface area contributed by atoms with E-state index in [4.69, 9.17) is 0 Å². The van der Waals surface area contributed by atoms with Crippen molar-refractivity contribution in [2.24, 2.45) is 0 Å². The molecule has 0 unspecified atom stereocenters. The van der Waals surface area contributed by atoms with Crippen LogP contribution in [0.25, 0.3) is 0 Å². The second-order valence-electron chi connectivity index (χ2n) is 4.68. The highest BCUT2D eigenvalue weighted by Gasteiger charge is 2.05. The van der Waals surface area contributed by atoms with E-state index < -0.39 is 0 Å². The van der Waals surface area contributed by atoms with Crippen molar-refractivity contribution in [1.82, 2.24) is 24.4 Å². The molecule has 0 fully saturated rings. The van der Waals surface area contributed by atoms with Crippen LogP contribution in [0.5, 0.6) is 0 Å². The smallest absolute Gasteiger partial charge is 0.311 e. The highest BCUT2D eigenvalue weighted by Crippen LogP contribution is 1.96. The van der Waals surface area contributed by atoms with Crippen molar-refractivity contribution >= 4 is 0 Å². The molecule has 7 heteroatoms. The van der Waals surface area contributed by atoms with Gasteiger partial charge in [0, 0.05) is 50.0 Å². The van der Waals surface area contributed by atoms with Crippen molar-refractivity contribution in [3.63, 3.8) is 0 Å². The van der Waals surface area contributed by atoms with E-state index in [1.54, 1.807) is 25.5 Å². The summed E-state index contributed by atoms with van der Waals surface area (Å²) in [5, 5.41) is 0. The molecule has 0 aliphatic rings. The lowest BCUT2D eigenvalue weighted by molar-refractivity contribution is 0.303. The average molecular weight is 275 g/mol. The Morgan fingerprint density at radius 3 is 2.80 bits per heavy atom. The Bertz CT molecular complexity index is 646. The van der Waals surface area contributed by atoms with Gasteiger partial charge in [-0.15, -0.1) is 0 Å². The second kappa shape index (κ2) is 6.25. The first-order valence-corrected chi connectivity index (χ1v) is 6.30. The molecule has 106 valence electrons. The second-order valence-corrected chi connectivity index (χ2v) is 4.68. The zero-order chi connectivity index (χ0) is 14.5. The Hall–Kier alpha value is -2.28. The molecule has 0 radical (unpaired) electrons. The third kappa shape index (κ3) is 3.61. The SMILES string of the molecule is Cc1cc(=O)n(CCN(C)Cc2cnccn2)c(=O)[nH]1. The van der Waals surface area contributed by atoms with Crippen LogP contribution in [0.15, 0.2) is 34.2 Å². The molecule has 20 heavy (non-hydrogen) atoms. The number of aryl methyl sites for hydroxylation is 1. The molecule has 0 saturated carbocycles. The number of hydrogen-bond acceptors (Lipinski definition) is 5. The number of nitrogens with zero attached hydrogens (tertiary/aromatic N) is 4. The maximum atomic E-state index is 11.7. The van der Waals surface area contributed by atoms with Crippen LogP contribution in [0.1, 0.15) is 11.4 Å². The average Bonchev–Trinajstić information content (AvgIpc) is 2.38. The van der Waals surface area contributed by atoms with Gasteiger partial charge >= 0.3 is 5.69 Å². The van der Waals surface area contributed by atoms with Crippen molar-refractivity contribution in [3.8, 4) is 0 Å². The minimum absolute atomic E-state index is 0.279. The lowest BCUT2D eigenvalue weighted by atomic mass is 10.4. The predicted molar refractivity (Wildman–Crippen MR) is 74.4 cm³/mol.